The van der Waals surface area contributed by atoms with E-state index in [2.05, 4.69) is 17.0 Å². The van der Waals surface area contributed by atoms with Gasteiger partial charge in [0.1, 0.15) is 18.5 Å². The average molecular weight is 261 g/mol. The Kier molecular flexibility index (Phi) is 4.04. The highest BCUT2D eigenvalue weighted by Crippen LogP contribution is 2.26. The van der Waals surface area contributed by atoms with Gasteiger partial charge in [0, 0.05) is 6.54 Å². The second-order valence-electron chi connectivity index (χ2n) is 5.76. The Morgan fingerprint density at radius 2 is 1.89 bits per heavy atom. The van der Waals surface area contributed by atoms with E-state index in [4.69, 9.17) is 4.74 Å². The topological polar surface area (TPSA) is 32.7 Å². The van der Waals surface area contributed by atoms with Crippen LogP contribution >= 0.6 is 0 Å². The Bertz CT molecular complexity index is 427. The molecule has 0 spiro atoms. The summed E-state index contributed by atoms with van der Waals surface area (Å²) in [7, 11) is 0. The number of aryl methyl sites for hydroxylation is 2. The third-order valence-corrected chi connectivity index (χ3v) is 4.18. The van der Waals surface area contributed by atoms with E-state index in [1.54, 1.807) is 0 Å². The molecule has 0 radical (unpaired) electrons. The second kappa shape index (κ2) is 5.93. The lowest BCUT2D eigenvalue weighted by Crippen LogP contribution is -2.33. The third-order valence-electron chi connectivity index (χ3n) is 4.18. The first-order valence-corrected chi connectivity index (χ1v) is 7.46. The molecule has 1 fully saturated rings. The minimum atomic E-state index is -0.383. The fraction of sp³-hybridized carbons (Fsp3) is 0.625. The molecule has 0 amide bonds. The SMILES string of the molecule is O[C@@H](COc1ccc2c(c1)CCC2)CN1CCCC1. The molecule has 1 aromatic carbocycles. The lowest BCUT2D eigenvalue weighted by molar-refractivity contribution is 0.0758. The predicted molar refractivity (Wildman–Crippen MR) is 75.6 cm³/mol. The summed E-state index contributed by atoms with van der Waals surface area (Å²) in [5, 5.41) is 10.00. The maximum Gasteiger partial charge on any atom is 0.119 e. The van der Waals surface area contributed by atoms with E-state index in [0.29, 0.717) is 6.61 Å². The second-order valence-corrected chi connectivity index (χ2v) is 5.76. The van der Waals surface area contributed by atoms with Gasteiger partial charge in [-0.25, -0.2) is 0 Å². The summed E-state index contributed by atoms with van der Waals surface area (Å²) in [6, 6.07) is 6.35. The molecule has 0 bridgehead atoms. The standard InChI is InChI=1S/C16H23NO2/c18-15(11-17-8-1-2-9-17)12-19-16-7-6-13-4-3-5-14(13)10-16/h6-7,10,15,18H,1-5,8-9,11-12H2/t15-/m1/s1. The van der Waals surface area contributed by atoms with Crippen LogP contribution in [0.3, 0.4) is 0 Å². The normalized spacial score (nSPS) is 20.5. The van der Waals surface area contributed by atoms with Crippen molar-refractivity contribution in [2.75, 3.05) is 26.2 Å². The molecule has 0 saturated carbocycles. The van der Waals surface area contributed by atoms with Gasteiger partial charge >= 0.3 is 0 Å². The molecule has 104 valence electrons. The highest BCUT2D eigenvalue weighted by Gasteiger charge is 2.16. The van der Waals surface area contributed by atoms with Crippen molar-refractivity contribution in [3.8, 4) is 5.75 Å². The summed E-state index contributed by atoms with van der Waals surface area (Å²) in [6.07, 6.45) is 5.77. The van der Waals surface area contributed by atoms with Gasteiger partial charge in [0.05, 0.1) is 0 Å². The zero-order valence-electron chi connectivity index (χ0n) is 11.5. The van der Waals surface area contributed by atoms with Crippen LogP contribution < -0.4 is 4.74 Å². The van der Waals surface area contributed by atoms with Crippen LogP contribution in [-0.2, 0) is 12.8 Å². The van der Waals surface area contributed by atoms with Gasteiger partial charge in [-0.05, 0) is 68.5 Å². The molecule has 3 rings (SSSR count). The fourth-order valence-corrected chi connectivity index (χ4v) is 3.15. The largest absolute Gasteiger partial charge is 0.491 e. The van der Waals surface area contributed by atoms with Crippen molar-refractivity contribution in [2.24, 2.45) is 0 Å². The van der Waals surface area contributed by atoms with Crippen LogP contribution in [0.15, 0.2) is 18.2 Å². The van der Waals surface area contributed by atoms with E-state index in [-0.39, 0.29) is 6.10 Å². The Morgan fingerprint density at radius 1 is 1.11 bits per heavy atom. The number of fused-ring (bicyclic) bond motifs is 1. The number of β-amino-alcohol motifs (C(OH)–C–C–N with tert-alkyl or cyclic N) is 1. The van der Waals surface area contributed by atoms with Gasteiger partial charge in [-0.3, -0.25) is 0 Å². The molecule has 3 nitrogen and oxygen atoms in total. The van der Waals surface area contributed by atoms with Crippen molar-refractivity contribution in [1.82, 2.24) is 4.90 Å². The Balaban J connectivity index is 1.48. The first-order chi connectivity index (χ1) is 9.31. The summed E-state index contributed by atoms with van der Waals surface area (Å²) in [5.41, 5.74) is 2.89. The molecular weight excluding hydrogens is 238 g/mol. The summed E-state index contributed by atoms with van der Waals surface area (Å²) < 4.78 is 5.73. The number of ether oxygens (including phenoxy) is 1. The number of nitrogens with zero attached hydrogens (tertiary/aromatic N) is 1. The quantitative estimate of drug-likeness (QED) is 0.880. The number of aliphatic hydroxyl groups is 1. The molecule has 1 aliphatic carbocycles. The smallest absolute Gasteiger partial charge is 0.119 e. The third kappa shape index (κ3) is 3.28. The van der Waals surface area contributed by atoms with Crippen molar-refractivity contribution in [1.29, 1.82) is 0 Å². The Morgan fingerprint density at radius 3 is 2.74 bits per heavy atom. The van der Waals surface area contributed by atoms with Gasteiger partial charge in [0.15, 0.2) is 0 Å². The maximum atomic E-state index is 10.00. The van der Waals surface area contributed by atoms with E-state index in [9.17, 15) is 5.11 Å². The molecular formula is C16H23NO2. The van der Waals surface area contributed by atoms with Crippen molar-refractivity contribution >= 4 is 0 Å². The molecule has 2 aliphatic rings. The molecule has 19 heavy (non-hydrogen) atoms. The van der Waals surface area contributed by atoms with Crippen LogP contribution in [0.5, 0.6) is 5.75 Å². The molecule has 1 N–H and O–H groups in total. The predicted octanol–water partition coefficient (Wildman–Crippen LogP) is 2.01. The molecule has 1 heterocycles. The lowest BCUT2D eigenvalue weighted by atomic mass is 10.1. The summed E-state index contributed by atoms with van der Waals surface area (Å²) in [5.74, 6) is 0.904. The van der Waals surface area contributed by atoms with E-state index in [1.807, 2.05) is 6.07 Å². The first kappa shape index (κ1) is 12.9. The number of hydrogen-bond donors (Lipinski definition) is 1. The molecule has 1 saturated heterocycles. The lowest BCUT2D eigenvalue weighted by Gasteiger charge is -2.19. The molecule has 1 atom stereocenters. The van der Waals surface area contributed by atoms with E-state index < -0.39 is 0 Å². The number of hydrogen-bond acceptors (Lipinski definition) is 3. The zero-order chi connectivity index (χ0) is 13.1. The summed E-state index contributed by atoms with van der Waals surface area (Å²) in [4.78, 5) is 2.32. The van der Waals surface area contributed by atoms with E-state index >= 15 is 0 Å². The summed E-state index contributed by atoms with van der Waals surface area (Å²) in [6.45, 7) is 3.38. The fourth-order valence-electron chi connectivity index (χ4n) is 3.15. The molecule has 1 aliphatic heterocycles. The Hall–Kier alpha value is -1.06. The van der Waals surface area contributed by atoms with Gasteiger partial charge in [-0.15, -0.1) is 0 Å². The first-order valence-electron chi connectivity index (χ1n) is 7.46. The van der Waals surface area contributed by atoms with Crippen LogP contribution in [0.25, 0.3) is 0 Å². The minimum Gasteiger partial charge on any atom is -0.491 e. The maximum absolute atomic E-state index is 10.00. The van der Waals surface area contributed by atoms with E-state index in [0.717, 1.165) is 25.4 Å². The number of likely N-dealkylation sites (tertiary alicyclic amines) is 1. The van der Waals surface area contributed by atoms with Crippen molar-refractivity contribution < 1.29 is 9.84 Å². The van der Waals surface area contributed by atoms with Crippen molar-refractivity contribution in [3.05, 3.63) is 29.3 Å². The van der Waals surface area contributed by atoms with Gasteiger partial charge in [0.25, 0.3) is 0 Å². The van der Waals surface area contributed by atoms with Crippen LogP contribution in [-0.4, -0.2) is 42.4 Å². The minimum absolute atomic E-state index is 0.383. The van der Waals surface area contributed by atoms with Gasteiger partial charge in [0.2, 0.25) is 0 Å². The molecule has 1 aromatic rings. The highest BCUT2D eigenvalue weighted by molar-refractivity contribution is 5.38. The monoisotopic (exact) mass is 261 g/mol. The van der Waals surface area contributed by atoms with Crippen LogP contribution in [0.1, 0.15) is 30.4 Å². The van der Waals surface area contributed by atoms with Crippen LogP contribution in [0.4, 0.5) is 0 Å². The van der Waals surface area contributed by atoms with Crippen molar-refractivity contribution in [3.63, 3.8) is 0 Å². The van der Waals surface area contributed by atoms with Crippen LogP contribution in [0.2, 0.25) is 0 Å². The zero-order valence-corrected chi connectivity index (χ0v) is 11.5. The Labute approximate surface area is 115 Å². The molecule has 0 unspecified atom stereocenters. The van der Waals surface area contributed by atoms with Crippen LogP contribution in [0, 0.1) is 0 Å². The van der Waals surface area contributed by atoms with Crippen molar-refractivity contribution in [2.45, 2.75) is 38.2 Å². The van der Waals surface area contributed by atoms with Gasteiger partial charge < -0.3 is 14.7 Å². The molecule has 3 heteroatoms. The van der Waals surface area contributed by atoms with E-state index in [1.165, 1.54) is 43.2 Å². The highest BCUT2D eigenvalue weighted by atomic mass is 16.5. The number of rotatable bonds is 5. The number of benzene rings is 1. The van der Waals surface area contributed by atoms with Gasteiger partial charge in [-0.1, -0.05) is 6.07 Å². The average Bonchev–Trinajstić information content (AvgIpc) is 3.06. The number of aliphatic hydroxyl groups excluding tert-OH is 1. The summed E-state index contributed by atoms with van der Waals surface area (Å²) >= 11 is 0. The molecule has 0 aromatic heterocycles. The van der Waals surface area contributed by atoms with Gasteiger partial charge in [-0.2, -0.15) is 0 Å².